The number of hydrogen-bond acceptors (Lipinski definition) is 5. The van der Waals surface area contributed by atoms with Crippen molar-refractivity contribution in [1.29, 1.82) is 0 Å². The van der Waals surface area contributed by atoms with Gasteiger partial charge in [-0.3, -0.25) is 4.79 Å². The molecule has 1 unspecified atom stereocenters. The lowest BCUT2D eigenvalue weighted by Gasteiger charge is -2.12. The molecular formula is C31H30O5S. The minimum atomic E-state index is -0.857. The Kier molecular flexibility index (Phi) is 8.84. The Bertz CT molecular complexity index is 1430. The Hall–Kier alpha value is -3.79. The molecule has 4 rings (SSSR count). The molecule has 190 valence electrons. The summed E-state index contributed by atoms with van der Waals surface area (Å²) in [7, 11) is 1.66. The standard InChI is InChI=1S/C31H30O5S/c1-4-5-24(17-31(32)33)23-8-6-22(7-9-23)19-36-26-11-13-30-28(18-26)29(20-37-30)27-12-10-25(16-21(27)2)35-15-14-34-3/h6-13,16,18,20,24H,14-15,17,19H2,1-3H3,(H,32,33). The number of carbonyl (C=O) groups is 1. The number of carboxylic acid groups (broad SMARTS) is 1. The monoisotopic (exact) mass is 514 g/mol. The van der Waals surface area contributed by atoms with Crippen LogP contribution in [-0.2, 0) is 16.1 Å². The number of thiophene rings is 1. The third kappa shape index (κ3) is 6.71. The summed E-state index contributed by atoms with van der Waals surface area (Å²) in [5.41, 5.74) is 5.40. The van der Waals surface area contributed by atoms with Crippen LogP contribution in [-0.4, -0.2) is 31.4 Å². The van der Waals surface area contributed by atoms with Crippen molar-refractivity contribution in [3.8, 4) is 34.5 Å². The molecule has 0 bridgehead atoms. The second-order valence-electron chi connectivity index (χ2n) is 8.70. The predicted octanol–water partition coefficient (Wildman–Crippen LogP) is 7.06. The third-order valence-electron chi connectivity index (χ3n) is 6.07. The molecule has 0 aliphatic rings. The number of ether oxygens (including phenoxy) is 3. The maximum atomic E-state index is 11.2. The van der Waals surface area contributed by atoms with Crippen LogP contribution in [0.15, 0.2) is 66.0 Å². The van der Waals surface area contributed by atoms with Gasteiger partial charge in [-0.1, -0.05) is 36.3 Å². The van der Waals surface area contributed by atoms with Crippen molar-refractivity contribution < 1.29 is 24.1 Å². The Morgan fingerprint density at radius 2 is 1.73 bits per heavy atom. The minimum absolute atomic E-state index is 0.0112. The summed E-state index contributed by atoms with van der Waals surface area (Å²) < 4.78 is 18.1. The van der Waals surface area contributed by atoms with E-state index in [2.05, 4.69) is 48.4 Å². The van der Waals surface area contributed by atoms with Crippen LogP contribution in [0.25, 0.3) is 21.2 Å². The van der Waals surface area contributed by atoms with Crippen molar-refractivity contribution in [3.05, 3.63) is 82.7 Å². The van der Waals surface area contributed by atoms with Gasteiger partial charge in [-0.25, -0.2) is 0 Å². The lowest BCUT2D eigenvalue weighted by atomic mass is 9.95. The van der Waals surface area contributed by atoms with E-state index in [4.69, 9.17) is 19.3 Å². The molecule has 0 aliphatic carbocycles. The summed E-state index contributed by atoms with van der Waals surface area (Å²) in [6, 6.07) is 20.2. The van der Waals surface area contributed by atoms with E-state index in [0.29, 0.717) is 19.8 Å². The van der Waals surface area contributed by atoms with E-state index in [1.165, 1.54) is 15.8 Å². The first kappa shape index (κ1) is 26.3. The van der Waals surface area contributed by atoms with Gasteiger partial charge < -0.3 is 19.3 Å². The average Bonchev–Trinajstić information content (AvgIpc) is 3.30. The van der Waals surface area contributed by atoms with Gasteiger partial charge in [-0.15, -0.1) is 17.3 Å². The maximum Gasteiger partial charge on any atom is 0.304 e. The van der Waals surface area contributed by atoms with Crippen LogP contribution in [0, 0.1) is 18.8 Å². The van der Waals surface area contributed by atoms with Crippen molar-refractivity contribution in [2.45, 2.75) is 32.8 Å². The first-order valence-electron chi connectivity index (χ1n) is 12.1. The largest absolute Gasteiger partial charge is 0.491 e. The lowest BCUT2D eigenvalue weighted by Crippen LogP contribution is -2.05. The highest BCUT2D eigenvalue weighted by atomic mass is 32.1. The second kappa shape index (κ2) is 12.4. The molecule has 0 fully saturated rings. The van der Waals surface area contributed by atoms with Gasteiger partial charge in [-0.2, -0.15) is 0 Å². The molecule has 1 aromatic heterocycles. The Balaban J connectivity index is 1.48. The van der Waals surface area contributed by atoms with Crippen LogP contribution in [0.2, 0.25) is 0 Å². The van der Waals surface area contributed by atoms with Crippen LogP contribution in [0.3, 0.4) is 0 Å². The SMILES string of the molecule is CC#CC(CC(=O)O)c1ccc(COc2ccc3scc(-c4ccc(OCCOC)cc4C)c3c2)cc1. The molecule has 1 heterocycles. The summed E-state index contributed by atoms with van der Waals surface area (Å²) >= 11 is 1.72. The topological polar surface area (TPSA) is 65.0 Å². The van der Waals surface area contributed by atoms with E-state index >= 15 is 0 Å². The molecule has 3 aromatic carbocycles. The van der Waals surface area contributed by atoms with E-state index in [-0.39, 0.29) is 12.3 Å². The normalized spacial score (nSPS) is 11.5. The molecule has 0 saturated heterocycles. The number of hydrogen-bond donors (Lipinski definition) is 1. The molecule has 0 spiro atoms. The van der Waals surface area contributed by atoms with Gasteiger partial charge in [-0.05, 0) is 71.8 Å². The summed E-state index contributed by atoms with van der Waals surface area (Å²) in [5, 5.41) is 12.5. The summed E-state index contributed by atoms with van der Waals surface area (Å²) in [6.45, 7) is 5.32. The van der Waals surface area contributed by atoms with E-state index < -0.39 is 5.97 Å². The fraction of sp³-hybridized carbons (Fsp3) is 0.258. The first-order chi connectivity index (χ1) is 18.0. The van der Waals surface area contributed by atoms with Crippen LogP contribution in [0.4, 0.5) is 0 Å². The van der Waals surface area contributed by atoms with Gasteiger partial charge in [0, 0.05) is 22.8 Å². The van der Waals surface area contributed by atoms with Gasteiger partial charge in [0.15, 0.2) is 0 Å². The van der Waals surface area contributed by atoms with Crippen molar-refractivity contribution in [2.24, 2.45) is 0 Å². The zero-order valence-corrected chi connectivity index (χ0v) is 22.1. The highest BCUT2D eigenvalue weighted by molar-refractivity contribution is 7.17. The molecule has 0 saturated carbocycles. The fourth-order valence-electron chi connectivity index (χ4n) is 4.19. The minimum Gasteiger partial charge on any atom is -0.491 e. The van der Waals surface area contributed by atoms with E-state index in [9.17, 15) is 4.79 Å². The van der Waals surface area contributed by atoms with Gasteiger partial charge in [0.25, 0.3) is 0 Å². The molecule has 0 aliphatic heterocycles. The zero-order chi connectivity index (χ0) is 26.2. The van der Waals surface area contributed by atoms with Crippen molar-refractivity contribution in [3.63, 3.8) is 0 Å². The van der Waals surface area contributed by atoms with Crippen LogP contribution in [0.5, 0.6) is 11.5 Å². The van der Waals surface area contributed by atoms with Crippen molar-refractivity contribution in [1.82, 2.24) is 0 Å². The molecule has 0 amide bonds. The smallest absolute Gasteiger partial charge is 0.304 e. The molecular weight excluding hydrogens is 484 g/mol. The number of methoxy groups -OCH3 is 1. The van der Waals surface area contributed by atoms with E-state index in [1.54, 1.807) is 25.4 Å². The molecule has 37 heavy (non-hydrogen) atoms. The summed E-state index contributed by atoms with van der Waals surface area (Å²) in [5.74, 6) is 6.28. The van der Waals surface area contributed by atoms with Gasteiger partial charge >= 0.3 is 5.97 Å². The highest BCUT2D eigenvalue weighted by Crippen LogP contribution is 2.38. The average molecular weight is 515 g/mol. The van der Waals surface area contributed by atoms with Crippen LogP contribution < -0.4 is 9.47 Å². The lowest BCUT2D eigenvalue weighted by molar-refractivity contribution is -0.137. The Morgan fingerprint density at radius 1 is 0.973 bits per heavy atom. The van der Waals surface area contributed by atoms with E-state index in [0.717, 1.165) is 33.6 Å². The van der Waals surface area contributed by atoms with Crippen molar-refractivity contribution >= 4 is 27.4 Å². The fourth-order valence-corrected chi connectivity index (χ4v) is 5.13. The Morgan fingerprint density at radius 3 is 2.43 bits per heavy atom. The molecule has 6 heteroatoms. The van der Waals surface area contributed by atoms with E-state index in [1.807, 2.05) is 36.4 Å². The first-order valence-corrected chi connectivity index (χ1v) is 13.0. The number of rotatable bonds is 11. The molecule has 5 nitrogen and oxygen atoms in total. The second-order valence-corrected chi connectivity index (χ2v) is 9.61. The number of fused-ring (bicyclic) bond motifs is 1. The predicted molar refractivity (Wildman–Crippen MR) is 149 cm³/mol. The third-order valence-corrected chi connectivity index (χ3v) is 7.04. The summed E-state index contributed by atoms with van der Waals surface area (Å²) in [6.07, 6.45) is -0.0112. The molecule has 1 atom stereocenters. The zero-order valence-electron chi connectivity index (χ0n) is 21.2. The van der Waals surface area contributed by atoms with Crippen LogP contribution in [0.1, 0.15) is 36.0 Å². The molecule has 0 radical (unpaired) electrons. The number of aliphatic carboxylic acids is 1. The molecule has 4 aromatic rings. The number of aryl methyl sites for hydroxylation is 1. The molecule has 1 N–H and O–H groups in total. The van der Waals surface area contributed by atoms with Crippen LogP contribution >= 0.6 is 11.3 Å². The highest BCUT2D eigenvalue weighted by Gasteiger charge is 2.14. The van der Waals surface area contributed by atoms with Gasteiger partial charge in [0.1, 0.15) is 24.7 Å². The Labute approximate surface area is 221 Å². The van der Waals surface area contributed by atoms with Crippen molar-refractivity contribution in [2.75, 3.05) is 20.3 Å². The maximum absolute atomic E-state index is 11.2. The number of carboxylic acids is 1. The summed E-state index contributed by atoms with van der Waals surface area (Å²) in [4.78, 5) is 11.2. The quantitative estimate of drug-likeness (QED) is 0.171. The number of benzene rings is 3. The van der Waals surface area contributed by atoms with Gasteiger partial charge in [0.2, 0.25) is 0 Å². The van der Waals surface area contributed by atoms with Gasteiger partial charge in [0.05, 0.1) is 18.9 Å².